The van der Waals surface area contributed by atoms with E-state index in [1.807, 2.05) is 12.1 Å². The minimum Gasteiger partial charge on any atom is -0.248 e. The summed E-state index contributed by atoms with van der Waals surface area (Å²) in [6.07, 6.45) is 6.76. The molecule has 1 nitrogen and oxygen atoms in total. The number of thiol groups is 1. The molecule has 0 saturated carbocycles. The minimum atomic E-state index is 0.702. The SMILES string of the molecule is SCCCCCCSc1ccc(Cl)cn1. The van der Waals surface area contributed by atoms with Crippen molar-refractivity contribution in [1.29, 1.82) is 0 Å². The van der Waals surface area contributed by atoms with E-state index < -0.39 is 0 Å². The maximum absolute atomic E-state index is 5.75. The summed E-state index contributed by atoms with van der Waals surface area (Å²) in [5.41, 5.74) is 0. The molecule has 0 radical (unpaired) electrons. The maximum Gasteiger partial charge on any atom is 0.0960 e. The normalized spacial score (nSPS) is 10.5. The standard InChI is InChI=1S/C11H16ClNS2/c12-10-5-6-11(13-9-10)15-8-4-2-1-3-7-14/h5-6,9,14H,1-4,7-8H2. The number of aromatic nitrogens is 1. The Morgan fingerprint density at radius 1 is 1.20 bits per heavy atom. The van der Waals surface area contributed by atoms with Gasteiger partial charge in [-0.25, -0.2) is 4.98 Å². The third-order valence-corrected chi connectivity index (χ3v) is 3.57. The van der Waals surface area contributed by atoms with Crippen molar-refractivity contribution in [3.8, 4) is 0 Å². The van der Waals surface area contributed by atoms with Gasteiger partial charge in [-0.1, -0.05) is 24.4 Å². The van der Waals surface area contributed by atoms with Gasteiger partial charge in [-0.15, -0.1) is 11.8 Å². The van der Waals surface area contributed by atoms with E-state index >= 15 is 0 Å². The number of thioether (sulfide) groups is 1. The number of hydrogen-bond acceptors (Lipinski definition) is 3. The zero-order chi connectivity index (χ0) is 10.9. The lowest BCUT2D eigenvalue weighted by Gasteiger charge is -2.00. The third-order valence-electron chi connectivity index (χ3n) is 2.00. The summed E-state index contributed by atoms with van der Waals surface area (Å²) in [6, 6.07) is 3.86. The highest BCUT2D eigenvalue weighted by Gasteiger charge is 1.95. The highest BCUT2D eigenvalue weighted by molar-refractivity contribution is 7.99. The predicted molar refractivity (Wildman–Crippen MR) is 72.3 cm³/mol. The highest BCUT2D eigenvalue weighted by Crippen LogP contribution is 2.18. The van der Waals surface area contributed by atoms with Crippen LogP contribution in [0.3, 0.4) is 0 Å². The second-order valence-corrected chi connectivity index (χ2v) is 5.30. The fraction of sp³-hybridized carbons (Fsp3) is 0.545. The smallest absolute Gasteiger partial charge is 0.0960 e. The summed E-state index contributed by atoms with van der Waals surface area (Å²) >= 11 is 11.7. The van der Waals surface area contributed by atoms with Crippen molar-refractivity contribution in [2.45, 2.75) is 30.7 Å². The number of hydrogen-bond donors (Lipinski definition) is 1. The van der Waals surface area contributed by atoms with Crippen LogP contribution in [0.15, 0.2) is 23.4 Å². The van der Waals surface area contributed by atoms with Crippen molar-refractivity contribution in [3.05, 3.63) is 23.4 Å². The van der Waals surface area contributed by atoms with Crippen molar-refractivity contribution in [2.24, 2.45) is 0 Å². The van der Waals surface area contributed by atoms with Crippen LogP contribution in [0.5, 0.6) is 0 Å². The maximum atomic E-state index is 5.75. The first-order chi connectivity index (χ1) is 7.33. The van der Waals surface area contributed by atoms with Gasteiger partial charge in [-0.05, 0) is 36.5 Å². The molecule has 84 valence electrons. The Bertz CT molecular complexity index is 264. The van der Waals surface area contributed by atoms with Crippen LogP contribution in [0.25, 0.3) is 0 Å². The Morgan fingerprint density at radius 2 is 2.00 bits per heavy atom. The number of pyridine rings is 1. The van der Waals surface area contributed by atoms with Gasteiger partial charge in [0.1, 0.15) is 0 Å². The Morgan fingerprint density at radius 3 is 2.67 bits per heavy atom. The summed E-state index contributed by atoms with van der Waals surface area (Å²) in [4.78, 5) is 4.23. The molecule has 4 heteroatoms. The molecule has 0 aromatic carbocycles. The van der Waals surface area contributed by atoms with Gasteiger partial charge in [0.2, 0.25) is 0 Å². The van der Waals surface area contributed by atoms with E-state index in [9.17, 15) is 0 Å². The summed E-state index contributed by atoms with van der Waals surface area (Å²) in [7, 11) is 0. The molecule has 0 aliphatic rings. The molecule has 1 aromatic heterocycles. The fourth-order valence-electron chi connectivity index (χ4n) is 1.19. The largest absolute Gasteiger partial charge is 0.248 e. The highest BCUT2D eigenvalue weighted by atomic mass is 35.5. The molecule has 1 aromatic rings. The third kappa shape index (κ3) is 6.33. The average molecular weight is 262 g/mol. The molecular formula is C11H16ClNS2. The molecule has 0 aliphatic heterocycles. The van der Waals surface area contributed by atoms with Gasteiger partial charge in [-0.3, -0.25) is 0 Å². The van der Waals surface area contributed by atoms with Crippen molar-refractivity contribution in [1.82, 2.24) is 4.98 Å². The monoisotopic (exact) mass is 261 g/mol. The van der Waals surface area contributed by atoms with E-state index in [2.05, 4.69) is 17.6 Å². The van der Waals surface area contributed by atoms with E-state index in [0.717, 1.165) is 16.5 Å². The number of rotatable bonds is 7. The van der Waals surface area contributed by atoms with Gasteiger partial charge < -0.3 is 0 Å². The lowest BCUT2D eigenvalue weighted by atomic mass is 10.2. The van der Waals surface area contributed by atoms with Crippen LogP contribution in [-0.4, -0.2) is 16.5 Å². The molecule has 1 heterocycles. The van der Waals surface area contributed by atoms with Gasteiger partial charge >= 0.3 is 0 Å². The molecule has 15 heavy (non-hydrogen) atoms. The van der Waals surface area contributed by atoms with E-state index in [0.29, 0.717) is 5.02 Å². The lowest BCUT2D eigenvalue weighted by Crippen LogP contribution is -1.84. The van der Waals surface area contributed by atoms with Crippen molar-refractivity contribution < 1.29 is 0 Å². The molecular weight excluding hydrogens is 246 g/mol. The van der Waals surface area contributed by atoms with Crippen LogP contribution in [0.2, 0.25) is 5.02 Å². The Kier molecular flexibility index (Phi) is 7.32. The Labute approximate surface area is 106 Å². The zero-order valence-electron chi connectivity index (χ0n) is 8.66. The van der Waals surface area contributed by atoms with Gasteiger partial charge in [0, 0.05) is 6.20 Å². The van der Waals surface area contributed by atoms with Crippen LogP contribution in [0.4, 0.5) is 0 Å². The van der Waals surface area contributed by atoms with E-state index in [1.165, 1.54) is 25.7 Å². The topological polar surface area (TPSA) is 12.9 Å². The zero-order valence-corrected chi connectivity index (χ0v) is 11.1. The first kappa shape index (κ1) is 13.2. The van der Waals surface area contributed by atoms with E-state index in [1.54, 1.807) is 18.0 Å². The Hall–Kier alpha value is 0.140. The molecule has 1 rings (SSSR count). The van der Waals surface area contributed by atoms with Crippen molar-refractivity contribution >= 4 is 36.0 Å². The predicted octanol–water partition coefficient (Wildman–Crippen LogP) is 4.32. The summed E-state index contributed by atoms with van der Waals surface area (Å²) in [6.45, 7) is 0. The first-order valence-corrected chi connectivity index (χ1v) is 7.18. The van der Waals surface area contributed by atoms with Gasteiger partial charge in [0.25, 0.3) is 0 Å². The molecule has 0 unspecified atom stereocenters. The molecule has 0 fully saturated rings. The average Bonchev–Trinajstić information content (AvgIpc) is 2.26. The van der Waals surface area contributed by atoms with Crippen LogP contribution in [-0.2, 0) is 0 Å². The van der Waals surface area contributed by atoms with Crippen LogP contribution in [0, 0.1) is 0 Å². The van der Waals surface area contributed by atoms with Crippen molar-refractivity contribution in [3.63, 3.8) is 0 Å². The molecule has 0 N–H and O–H groups in total. The van der Waals surface area contributed by atoms with E-state index in [4.69, 9.17) is 11.6 Å². The molecule has 0 atom stereocenters. The van der Waals surface area contributed by atoms with Crippen LogP contribution >= 0.6 is 36.0 Å². The molecule has 0 aliphatic carbocycles. The number of unbranched alkanes of at least 4 members (excludes halogenated alkanes) is 3. The molecule has 0 spiro atoms. The van der Waals surface area contributed by atoms with Gasteiger partial charge in [0.05, 0.1) is 10.0 Å². The molecule has 0 bridgehead atoms. The second-order valence-electron chi connectivity index (χ2n) is 3.30. The fourth-order valence-corrected chi connectivity index (χ4v) is 2.38. The summed E-state index contributed by atoms with van der Waals surface area (Å²) < 4.78 is 0. The van der Waals surface area contributed by atoms with Crippen LogP contribution < -0.4 is 0 Å². The molecule has 0 saturated heterocycles. The quantitative estimate of drug-likeness (QED) is 0.446. The number of halogens is 1. The number of nitrogens with zero attached hydrogens (tertiary/aromatic N) is 1. The van der Waals surface area contributed by atoms with Gasteiger partial charge in [0.15, 0.2) is 0 Å². The minimum absolute atomic E-state index is 0.702. The second kappa shape index (κ2) is 8.31. The summed E-state index contributed by atoms with van der Waals surface area (Å²) in [5, 5.41) is 1.77. The molecule has 0 amide bonds. The Balaban J connectivity index is 2.07. The summed E-state index contributed by atoms with van der Waals surface area (Å²) in [5.74, 6) is 2.15. The van der Waals surface area contributed by atoms with E-state index in [-0.39, 0.29) is 0 Å². The lowest BCUT2D eigenvalue weighted by molar-refractivity contribution is 0.712. The van der Waals surface area contributed by atoms with Crippen molar-refractivity contribution in [2.75, 3.05) is 11.5 Å². The van der Waals surface area contributed by atoms with Crippen LogP contribution in [0.1, 0.15) is 25.7 Å². The van der Waals surface area contributed by atoms with Gasteiger partial charge in [-0.2, -0.15) is 12.6 Å². The first-order valence-electron chi connectivity index (χ1n) is 5.18.